The molecule has 0 aromatic heterocycles. The van der Waals surface area contributed by atoms with E-state index in [2.05, 4.69) is 20.8 Å². The average Bonchev–Trinajstić information content (AvgIpc) is 3.28. The van der Waals surface area contributed by atoms with Crippen molar-refractivity contribution in [1.29, 1.82) is 0 Å². The smallest absolute Gasteiger partial charge is 0.345 e. The van der Waals surface area contributed by atoms with Gasteiger partial charge in [-0.25, -0.2) is 6.42 Å². The molecule has 1 heteroatoms. The zero-order valence-corrected chi connectivity index (χ0v) is 17.4. The minimum absolute atomic E-state index is 0. The van der Waals surface area contributed by atoms with Crippen LogP contribution in [-0.2, 0) is 26.2 Å². The number of hydrogen-bond donors (Lipinski definition) is 0. The molecule has 2 aliphatic rings. The largest absolute Gasteiger partial charge is 4.00 e. The maximum absolute atomic E-state index is 4.03. The first kappa shape index (κ1) is 26.1. The summed E-state index contributed by atoms with van der Waals surface area (Å²) in [7, 11) is 0. The van der Waals surface area contributed by atoms with E-state index in [1.807, 2.05) is 64.2 Å². The molecule has 0 aliphatic heterocycles. The van der Waals surface area contributed by atoms with Crippen molar-refractivity contribution < 1.29 is 26.2 Å². The minimum atomic E-state index is 0. The SMILES string of the molecule is [CH2-]CC([CH2-])CCCCCCCC.[CH]1[CH][CH][CH][CH]1.[CH]1[CH][CH][CH][CH]1.[Zr+4]. The monoisotopic (exact) mass is 388 g/mol. The standard InChI is InChI=1S/C12H24.2C5H5.Zr/c1-4-6-7-8-9-10-11-12(3)5-2;2*1-2-4-5-3-1;/h12H,2-11H2,1H3;2*1-5H;/q-2;;;+4. The molecule has 1 atom stereocenters. The van der Waals surface area contributed by atoms with E-state index in [1.165, 1.54) is 44.9 Å². The van der Waals surface area contributed by atoms with Crippen LogP contribution in [0.2, 0.25) is 0 Å². The maximum Gasteiger partial charge on any atom is 4.00 e. The van der Waals surface area contributed by atoms with E-state index in [-0.39, 0.29) is 26.2 Å². The summed E-state index contributed by atoms with van der Waals surface area (Å²) < 4.78 is 0. The minimum Gasteiger partial charge on any atom is -0.345 e. The third kappa shape index (κ3) is 22.9. The molecule has 23 heavy (non-hydrogen) atoms. The molecule has 2 saturated carbocycles. The molecule has 0 nitrogen and oxygen atoms in total. The Labute approximate surface area is 168 Å². The van der Waals surface area contributed by atoms with Gasteiger partial charge in [-0.2, -0.15) is 5.92 Å². The number of hydrogen-bond acceptors (Lipinski definition) is 0. The number of unbranched alkanes of at least 4 members (excludes halogenated alkanes) is 5. The van der Waals surface area contributed by atoms with Gasteiger partial charge < -0.3 is 13.8 Å². The van der Waals surface area contributed by atoms with Crippen molar-refractivity contribution in [2.75, 3.05) is 0 Å². The quantitative estimate of drug-likeness (QED) is 0.330. The summed E-state index contributed by atoms with van der Waals surface area (Å²) in [5, 5.41) is 0. The molecule has 1 unspecified atom stereocenters. The summed E-state index contributed by atoms with van der Waals surface area (Å²) in [5.74, 6) is 0.594. The molecule has 0 bridgehead atoms. The van der Waals surface area contributed by atoms with Gasteiger partial charge in [0.2, 0.25) is 0 Å². The van der Waals surface area contributed by atoms with Crippen LogP contribution >= 0.6 is 0 Å². The van der Waals surface area contributed by atoms with Crippen LogP contribution in [0.5, 0.6) is 0 Å². The van der Waals surface area contributed by atoms with Crippen molar-refractivity contribution in [2.24, 2.45) is 5.92 Å². The molecule has 0 N–H and O–H groups in total. The Morgan fingerprint density at radius 1 is 0.652 bits per heavy atom. The molecule has 2 fully saturated rings. The molecule has 0 saturated heterocycles. The first-order valence-corrected chi connectivity index (χ1v) is 8.77. The van der Waals surface area contributed by atoms with Crippen molar-refractivity contribution in [3.05, 3.63) is 78.1 Å². The van der Waals surface area contributed by atoms with Gasteiger partial charge >= 0.3 is 26.2 Å². The van der Waals surface area contributed by atoms with E-state index >= 15 is 0 Å². The first-order valence-electron chi connectivity index (χ1n) is 8.77. The van der Waals surface area contributed by atoms with Crippen molar-refractivity contribution >= 4 is 0 Å². The molecule has 0 aromatic rings. The van der Waals surface area contributed by atoms with Crippen molar-refractivity contribution in [1.82, 2.24) is 0 Å². The van der Waals surface area contributed by atoms with E-state index in [4.69, 9.17) is 0 Å². The van der Waals surface area contributed by atoms with E-state index in [9.17, 15) is 0 Å². The molecule has 10 radical (unpaired) electrons. The van der Waals surface area contributed by atoms with Gasteiger partial charge in [0.05, 0.1) is 0 Å². The summed E-state index contributed by atoms with van der Waals surface area (Å²) in [6, 6.07) is 0. The van der Waals surface area contributed by atoms with Gasteiger partial charge in [0.25, 0.3) is 0 Å². The molecule has 0 heterocycles. The van der Waals surface area contributed by atoms with Gasteiger partial charge in [-0.05, 0) is 64.2 Å². The topological polar surface area (TPSA) is 0 Å². The average molecular weight is 390 g/mol. The van der Waals surface area contributed by atoms with E-state index in [1.54, 1.807) is 0 Å². The molecule has 2 aliphatic carbocycles. The van der Waals surface area contributed by atoms with Crippen LogP contribution in [0.25, 0.3) is 0 Å². The van der Waals surface area contributed by atoms with Gasteiger partial charge in [-0.15, -0.1) is 0 Å². The molecular weight excluding hydrogens is 355 g/mol. The van der Waals surface area contributed by atoms with Gasteiger partial charge in [-0.1, -0.05) is 51.9 Å². The third-order valence-corrected chi connectivity index (χ3v) is 3.49. The number of rotatable bonds is 8. The summed E-state index contributed by atoms with van der Waals surface area (Å²) in [6.07, 6.45) is 30.6. The van der Waals surface area contributed by atoms with Crippen LogP contribution in [0.1, 0.15) is 58.3 Å². The summed E-state index contributed by atoms with van der Waals surface area (Å²) in [6.45, 7) is 10.1. The molecular formula is C22H34Zr+2. The predicted molar refractivity (Wildman–Crippen MR) is 99.8 cm³/mol. The Hall–Kier alpha value is 0.883. The van der Waals surface area contributed by atoms with E-state index in [0.29, 0.717) is 5.92 Å². The summed E-state index contributed by atoms with van der Waals surface area (Å²) >= 11 is 0. The fraction of sp³-hybridized carbons (Fsp3) is 0.455. The molecule has 0 amide bonds. The molecule has 124 valence electrons. The molecule has 0 spiro atoms. The van der Waals surface area contributed by atoms with E-state index in [0.717, 1.165) is 6.42 Å². The summed E-state index contributed by atoms with van der Waals surface area (Å²) in [5.41, 5.74) is 0. The molecule has 2 rings (SSSR count). The summed E-state index contributed by atoms with van der Waals surface area (Å²) in [4.78, 5) is 0. The van der Waals surface area contributed by atoms with Crippen LogP contribution in [-0.4, -0.2) is 0 Å². The van der Waals surface area contributed by atoms with Gasteiger partial charge in [-0.3, -0.25) is 0 Å². The van der Waals surface area contributed by atoms with Gasteiger partial charge in [0, 0.05) is 0 Å². The Morgan fingerprint density at radius 3 is 1.35 bits per heavy atom. The first-order chi connectivity index (χ1) is 10.8. The second kappa shape index (κ2) is 22.9. The van der Waals surface area contributed by atoms with Crippen LogP contribution in [0.4, 0.5) is 0 Å². The molecule has 0 aromatic carbocycles. The Kier molecular flexibility index (Phi) is 26.0. The van der Waals surface area contributed by atoms with Crippen molar-refractivity contribution in [2.45, 2.75) is 58.3 Å². The van der Waals surface area contributed by atoms with Crippen LogP contribution in [0.15, 0.2) is 0 Å². The van der Waals surface area contributed by atoms with Crippen LogP contribution in [0.3, 0.4) is 0 Å². The second-order valence-electron chi connectivity index (χ2n) is 5.64. The van der Waals surface area contributed by atoms with Gasteiger partial charge in [0.15, 0.2) is 0 Å². The fourth-order valence-electron chi connectivity index (χ4n) is 2.00. The Bertz CT molecular complexity index is 157. The Morgan fingerprint density at radius 2 is 1.00 bits per heavy atom. The zero-order valence-electron chi connectivity index (χ0n) is 14.9. The predicted octanol–water partition coefficient (Wildman–Crippen LogP) is 6.45. The zero-order chi connectivity index (χ0) is 16.3. The van der Waals surface area contributed by atoms with Crippen molar-refractivity contribution in [3.63, 3.8) is 0 Å². The van der Waals surface area contributed by atoms with Crippen LogP contribution in [0, 0.1) is 84.0 Å². The second-order valence-corrected chi connectivity index (χ2v) is 5.64. The fourth-order valence-corrected chi connectivity index (χ4v) is 2.00. The third-order valence-electron chi connectivity index (χ3n) is 3.49. The van der Waals surface area contributed by atoms with Gasteiger partial charge in [0.1, 0.15) is 0 Å². The van der Waals surface area contributed by atoms with Crippen LogP contribution < -0.4 is 0 Å². The Balaban J connectivity index is 0. The van der Waals surface area contributed by atoms with E-state index < -0.39 is 0 Å². The normalized spacial score (nSPS) is 17.3. The maximum atomic E-state index is 4.03. The van der Waals surface area contributed by atoms with Crippen molar-refractivity contribution in [3.8, 4) is 0 Å².